The molecule has 0 saturated carbocycles. The van der Waals surface area contributed by atoms with Crippen LogP contribution < -0.4 is 4.74 Å². The fourth-order valence-electron chi connectivity index (χ4n) is 1.67. The Morgan fingerprint density at radius 1 is 1.22 bits per heavy atom. The molecule has 1 atom stereocenters. The molecule has 1 aromatic rings. The SMILES string of the molecule is COc1ccc(C(C)O)cc1COCCC(C)C. The molecule has 0 aliphatic heterocycles. The molecule has 3 heteroatoms. The third-order valence-corrected chi connectivity index (χ3v) is 2.88. The maximum Gasteiger partial charge on any atom is 0.124 e. The minimum absolute atomic E-state index is 0.467. The number of ether oxygens (including phenoxy) is 2. The first kappa shape index (κ1) is 15.0. The minimum atomic E-state index is -0.467. The van der Waals surface area contributed by atoms with Gasteiger partial charge in [-0.05, 0) is 37.0 Å². The van der Waals surface area contributed by atoms with E-state index >= 15 is 0 Å². The van der Waals surface area contributed by atoms with E-state index in [0.29, 0.717) is 12.5 Å². The maximum atomic E-state index is 9.57. The summed E-state index contributed by atoms with van der Waals surface area (Å²) >= 11 is 0. The highest BCUT2D eigenvalue weighted by atomic mass is 16.5. The van der Waals surface area contributed by atoms with Gasteiger partial charge in [-0.1, -0.05) is 19.9 Å². The Hall–Kier alpha value is -1.06. The first-order valence-electron chi connectivity index (χ1n) is 6.47. The molecule has 0 aliphatic rings. The lowest BCUT2D eigenvalue weighted by atomic mass is 10.1. The minimum Gasteiger partial charge on any atom is -0.496 e. The lowest BCUT2D eigenvalue weighted by Gasteiger charge is -2.13. The van der Waals surface area contributed by atoms with Gasteiger partial charge in [0.1, 0.15) is 5.75 Å². The van der Waals surface area contributed by atoms with E-state index < -0.39 is 6.10 Å². The average Bonchev–Trinajstić information content (AvgIpc) is 2.34. The normalized spacial score (nSPS) is 12.8. The van der Waals surface area contributed by atoms with Crippen LogP contribution >= 0.6 is 0 Å². The summed E-state index contributed by atoms with van der Waals surface area (Å²) in [6, 6.07) is 5.70. The van der Waals surface area contributed by atoms with Crippen LogP contribution in [0.25, 0.3) is 0 Å². The van der Waals surface area contributed by atoms with Crippen molar-refractivity contribution in [1.82, 2.24) is 0 Å². The van der Waals surface area contributed by atoms with Crippen LogP contribution in [0.15, 0.2) is 18.2 Å². The van der Waals surface area contributed by atoms with Crippen molar-refractivity contribution < 1.29 is 14.6 Å². The molecular formula is C15H24O3. The lowest BCUT2D eigenvalue weighted by Crippen LogP contribution is -2.02. The summed E-state index contributed by atoms with van der Waals surface area (Å²) in [5, 5.41) is 9.57. The summed E-state index contributed by atoms with van der Waals surface area (Å²) in [6.07, 6.45) is 0.587. The predicted molar refractivity (Wildman–Crippen MR) is 72.7 cm³/mol. The fraction of sp³-hybridized carbons (Fsp3) is 0.600. The third-order valence-electron chi connectivity index (χ3n) is 2.88. The highest BCUT2D eigenvalue weighted by molar-refractivity contribution is 5.37. The van der Waals surface area contributed by atoms with Crippen molar-refractivity contribution in [2.24, 2.45) is 5.92 Å². The van der Waals surface area contributed by atoms with Crippen molar-refractivity contribution >= 4 is 0 Å². The summed E-state index contributed by atoms with van der Waals surface area (Å²) in [6.45, 7) is 7.39. The Labute approximate surface area is 110 Å². The molecule has 0 heterocycles. The van der Waals surface area contributed by atoms with Crippen LogP contribution in [0.1, 0.15) is 44.4 Å². The van der Waals surface area contributed by atoms with E-state index in [1.54, 1.807) is 14.0 Å². The second-order valence-electron chi connectivity index (χ2n) is 4.98. The molecule has 0 aliphatic carbocycles. The summed E-state index contributed by atoms with van der Waals surface area (Å²) < 4.78 is 10.9. The Kier molecular flexibility index (Phi) is 6.16. The van der Waals surface area contributed by atoms with Crippen molar-refractivity contribution in [2.45, 2.75) is 39.9 Å². The summed E-state index contributed by atoms with van der Waals surface area (Å²) in [7, 11) is 1.65. The quantitative estimate of drug-likeness (QED) is 0.757. The molecule has 1 unspecified atom stereocenters. The predicted octanol–water partition coefficient (Wildman–Crippen LogP) is 3.31. The molecule has 0 spiro atoms. The number of aliphatic hydroxyl groups is 1. The number of hydrogen-bond donors (Lipinski definition) is 1. The molecule has 0 aromatic heterocycles. The second-order valence-corrected chi connectivity index (χ2v) is 4.98. The van der Waals surface area contributed by atoms with Crippen molar-refractivity contribution in [2.75, 3.05) is 13.7 Å². The van der Waals surface area contributed by atoms with E-state index in [-0.39, 0.29) is 0 Å². The van der Waals surface area contributed by atoms with Crippen LogP contribution in [0.4, 0.5) is 0 Å². The Bertz CT molecular complexity index is 359. The van der Waals surface area contributed by atoms with Crippen LogP contribution in [0, 0.1) is 5.92 Å². The van der Waals surface area contributed by atoms with Gasteiger partial charge in [0, 0.05) is 12.2 Å². The molecule has 18 heavy (non-hydrogen) atoms. The standard InChI is InChI=1S/C15H24O3/c1-11(2)7-8-18-10-14-9-13(12(3)16)5-6-15(14)17-4/h5-6,9,11-12,16H,7-8,10H2,1-4H3. The van der Waals surface area contributed by atoms with Gasteiger partial charge in [0.25, 0.3) is 0 Å². The molecule has 102 valence electrons. The number of benzene rings is 1. The Balaban J connectivity index is 2.63. The number of rotatable bonds is 7. The third kappa shape index (κ3) is 4.67. The molecule has 1 N–H and O–H groups in total. The lowest BCUT2D eigenvalue weighted by molar-refractivity contribution is 0.108. The van der Waals surface area contributed by atoms with E-state index in [1.165, 1.54) is 0 Å². The zero-order chi connectivity index (χ0) is 13.5. The summed E-state index contributed by atoms with van der Waals surface area (Å²) in [5.74, 6) is 1.46. The highest BCUT2D eigenvalue weighted by Gasteiger charge is 2.08. The molecule has 0 radical (unpaired) electrons. The van der Waals surface area contributed by atoms with Gasteiger partial charge in [0.15, 0.2) is 0 Å². The van der Waals surface area contributed by atoms with Crippen LogP contribution in [0.2, 0.25) is 0 Å². The molecular weight excluding hydrogens is 228 g/mol. The van der Waals surface area contributed by atoms with E-state index in [9.17, 15) is 5.11 Å². The topological polar surface area (TPSA) is 38.7 Å². The number of methoxy groups -OCH3 is 1. The zero-order valence-corrected chi connectivity index (χ0v) is 11.8. The molecule has 0 bridgehead atoms. The Morgan fingerprint density at radius 3 is 2.50 bits per heavy atom. The maximum absolute atomic E-state index is 9.57. The van der Waals surface area contributed by atoms with Gasteiger partial charge in [-0.2, -0.15) is 0 Å². The van der Waals surface area contributed by atoms with Crippen molar-refractivity contribution in [3.63, 3.8) is 0 Å². The number of aliphatic hydroxyl groups excluding tert-OH is 1. The fourth-order valence-corrected chi connectivity index (χ4v) is 1.67. The number of hydrogen-bond acceptors (Lipinski definition) is 3. The van der Waals surface area contributed by atoms with E-state index in [0.717, 1.165) is 29.9 Å². The van der Waals surface area contributed by atoms with Crippen molar-refractivity contribution in [1.29, 1.82) is 0 Å². The molecule has 1 rings (SSSR count). The van der Waals surface area contributed by atoms with Crippen LogP contribution in [0.5, 0.6) is 5.75 Å². The molecule has 0 amide bonds. The molecule has 1 aromatic carbocycles. The van der Waals surface area contributed by atoms with Gasteiger partial charge in [-0.3, -0.25) is 0 Å². The zero-order valence-electron chi connectivity index (χ0n) is 11.8. The molecule has 0 saturated heterocycles. The summed E-state index contributed by atoms with van der Waals surface area (Å²) in [4.78, 5) is 0. The first-order valence-corrected chi connectivity index (χ1v) is 6.47. The second kappa shape index (κ2) is 7.39. The van der Waals surface area contributed by atoms with Gasteiger partial charge in [-0.15, -0.1) is 0 Å². The average molecular weight is 252 g/mol. The highest BCUT2D eigenvalue weighted by Crippen LogP contribution is 2.24. The van der Waals surface area contributed by atoms with E-state index in [2.05, 4.69) is 13.8 Å². The summed E-state index contributed by atoms with van der Waals surface area (Å²) in [5.41, 5.74) is 1.87. The van der Waals surface area contributed by atoms with Gasteiger partial charge in [0.2, 0.25) is 0 Å². The first-order chi connectivity index (χ1) is 8.54. The Morgan fingerprint density at radius 2 is 1.94 bits per heavy atom. The van der Waals surface area contributed by atoms with E-state index in [1.807, 2.05) is 18.2 Å². The van der Waals surface area contributed by atoms with Crippen LogP contribution in [-0.4, -0.2) is 18.8 Å². The van der Waals surface area contributed by atoms with Gasteiger partial charge >= 0.3 is 0 Å². The largest absolute Gasteiger partial charge is 0.496 e. The molecule has 0 fully saturated rings. The van der Waals surface area contributed by atoms with Crippen molar-refractivity contribution in [3.8, 4) is 5.75 Å². The monoisotopic (exact) mass is 252 g/mol. The smallest absolute Gasteiger partial charge is 0.124 e. The van der Waals surface area contributed by atoms with Gasteiger partial charge in [0.05, 0.1) is 19.8 Å². The van der Waals surface area contributed by atoms with Crippen molar-refractivity contribution in [3.05, 3.63) is 29.3 Å². The van der Waals surface area contributed by atoms with Crippen LogP contribution in [-0.2, 0) is 11.3 Å². The van der Waals surface area contributed by atoms with Gasteiger partial charge < -0.3 is 14.6 Å². The van der Waals surface area contributed by atoms with E-state index in [4.69, 9.17) is 9.47 Å². The van der Waals surface area contributed by atoms with Crippen LogP contribution in [0.3, 0.4) is 0 Å². The molecule has 3 nitrogen and oxygen atoms in total. The van der Waals surface area contributed by atoms with Gasteiger partial charge in [-0.25, -0.2) is 0 Å².